The van der Waals surface area contributed by atoms with Crippen LogP contribution in [0.3, 0.4) is 0 Å². The van der Waals surface area contributed by atoms with Crippen LogP contribution in [0.5, 0.6) is 0 Å². The van der Waals surface area contributed by atoms with Crippen LogP contribution >= 0.6 is 11.6 Å². The van der Waals surface area contributed by atoms with Crippen LogP contribution in [0, 0.1) is 19.4 Å². The summed E-state index contributed by atoms with van der Waals surface area (Å²) < 4.78 is 16.3. The molecular weight excluding hydrogens is 295 g/mol. The van der Waals surface area contributed by atoms with E-state index in [4.69, 9.17) is 18.2 Å². The number of rotatable bonds is 1. The Morgan fingerprint density at radius 2 is 2.19 bits per heavy atom. The molecule has 2 heterocycles. The summed E-state index contributed by atoms with van der Waals surface area (Å²) in [6.07, 6.45) is 2.73. The number of imidazole rings is 1. The minimum atomic E-state index is -0.913. The number of halogens is 2. The molecule has 1 aromatic carbocycles. The number of aromatic nitrogens is 3. The second kappa shape index (κ2) is 4.72. The van der Waals surface area contributed by atoms with E-state index < -0.39 is 17.2 Å². The molecule has 0 atom stereocenters. The second-order valence-corrected chi connectivity index (χ2v) is 4.83. The predicted molar refractivity (Wildman–Crippen MR) is 76.8 cm³/mol. The fourth-order valence-corrected chi connectivity index (χ4v) is 2.23. The zero-order chi connectivity index (χ0) is 15.1. The zero-order valence-corrected chi connectivity index (χ0v) is 11.6. The molecule has 0 spiro atoms. The topological polar surface area (TPSA) is 43.7 Å². The lowest BCUT2D eigenvalue weighted by Gasteiger charge is -2.11. The summed E-state index contributed by atoms with van der Waals surface area (Å²) in [5.41, 5.74) is -0.0847. The average Bonchev–Trinajstić information content (AvgIpc) is 2.92. The molecule has 0 saturated carbocycles. The number of hydrogen-bond donors (Lipinski definition) is 0. The van der Waals surface area contributed by atoms with Crippen LogP contribution in [0.25, 0.3) is 16.3 Å². The van der Waals surface area contributed by atoms with Crippen LogP contribution in [-0.4, -0.2) is 14.0 Å². The largest absolute Gasteiger partial charge is 0.302 e. The van der Waals surface area contributed by atoms with E-state index in [-0.39, 0.29) is 5.78 Å². The molecule has 0 aliphatic carbocycles. The van der Waals surface area contributed by atoms with Crippen molar-refractivity contribution in [1.29, 1.82) is 0 Å². The fraction of sp³-hybridized carbons (Fsp3) is 0.0714. The van der Waals surface area contributed by atoms with Crippen LogP contribution in [0.4, 0.5) is 10.1 Å². The first-order valence-corrected chi connectivity index (χ1v) is 6.34. The maximum Gasteiger partial charge on any atom is 0.302 e. The molecule has 0 amide bonds. The van der Waals surface area contributed by atoms with E-state index in [2.05, 4.69) is 9.83 Å². The minimum Gasteiger partial charge on any atom is -0.282 e. The Morgan fingerprint density at radius 1 is 1.43 bits per heavy atom. The Morgan fingerprint density at radius 3 is 2.86 bits per heavy atom. The molecular formula is C14H8ClFN4O. The summed E-state index contributed by atoms with van der Waals surface area (Å²) in [6, 6.07) is 4.94. The van der Waals surface area contributed by atoms with Gasteiger partial charge in [0.25, 0.3) is 5.56 Å². The van der Waals surface area contributed by atoms with Crippen LogP contribution in [0.2, 0.25) is 5.02 Å². The second-order valence-electron chi connectivity index (χ2n) is 4.42. The number of benzene rings is 1. The highest BCUT2D eigenvalue weighted by molar-refractivity contribution is 6.31. The zero-order valence-electron chi connectivity index (χ0n) is 10.8. The lowest BCUT2D eigenvalue weighted by Crippen LogP contribution is -2.22. The van der Waals surface area contributed by atoms with Gasteiger partial charge in [-0.15, -0.1) is 0 Å². The SMILES string of the molecule is [C-]#[N+]c1c(F)n2ccnc2n(-c2ccc(Cl)c(C)c2)c1=O. The van der Waals surface area contributed by atoms with Crippen LogP contribution < -0.4 is 5.56 Å². The molecule has 3 aromatic rings. The Hall–Kier alpha value is -2.65. The van der Waals surface area contributed by atoms with Crippen molar-refractivity contribution in [3.05, 3.63) is 68.9 Å². The van der Waals surface area contributed by atoms with E-state index in [1.54, 1.807) is 25.1 Å². The molecule has 0 fully saturated rings. The number of aryl methyl sites for hydroxylation is 1. The van der Waals surface area contributed by atoms with Gasteiger partial charge in [0.15, 0.2) is 0 Å². The van der Waals surface area contributed by atoms with Gasteiger partial charge < -0.3 is 0 Å². The van der Waals surface area contributed by atoms with E-state index in [1.165, 1.54) is 17.0 Å². The molecule has 0 N–H and O–H groups in total. The van der Waals surface area contributed by atoms with Crippen molar-refractivity contribution in [2.75, 3.05) is 0 Å². The molecule has 7 heteroatoms. The van der Waals surface area contributed by atoms with Crippen molar-refractivity contribution in [2.24, 2.45) is 0 Å². The van der Waals surface area contributed by atoms with Gasteiger partial charge >= 0.3 is 5.69 Å². The number of hydrogen-bond acceptors (Lipinski definition) is 2. The first kappa shape index (κ1) is 13.3. The Kier molecular flexibility index (Phi) is 3.00. The van der Waals surface area contributed by atoms with Gasteiger partial charge in [-0.25, -0.2) is 9.83 Å². The van der Waals surface area contributed by atoms with Gasteiger partial charge in [0.1, 0.15) is 0 Å². The van der Waals surface area contributed by atoms with Crippen LogP contribution in [0.1, 0.15) is 5.56 Å². The van der Waals surface area contributed by atoms with Crippen molar-refractivity contribution < 1.29 is 4.39 Å². The molecule has 0 unspecified atom stereocenters. The quantitative estimate of drug-likeness (QED) is 0.512. The number of fused-ring (bicyclic) bond motifs is 1. The highest BCUT2D eigenvalue weighted by Gasteiger charge is 2.19. The van der Waals surface area contributed by atoms with Crippen molar-refractivity contribution in [2.45, 2.75) is 6.92 Å². The van der Waals surface area contributed by atoms with Gasteiger partial charge in [-0.1, -0.05) is 11.6 Å². The average molecular weight is 303 g/mol. The van der Waals surface area contributed by atoms with E-state index >= 15 is 0 Å². The maximum atomic E-state index is 14.1. The summed E-state index contributed by atoms with van der Waals surface area (Å²) in [7, 11) is 0. The van der Waals surface area contributed by atoms with Gasteiger partial charge in [0.2, 0.25) is 11.7 Å². The van der Waals surface area contributed by atoms with E-state index in [0.717, 1.165) is 9.96 Å². The van der Waals surface area contributed by atoms with Gasteiger partial charge in [-0.2, -0.15) is 4.39 Å². The first-order valence-electron chi connectivity index (χ1n) is 5.96. The Balaban J connectivity index is 2.47. The van der Waals surface area contributed by atoms with Gasteiger partial charge in [0, 0.05) is 17.4 Å². The minimum absolute atomic E-state index is 0.103. The van der Waals surface area contributed by atoms with Crippen molar-refractivity contribution in [3.63, 3.8) is 0 Å². The van der Waals surface area contributed by atoms with Gasteiger partial charge in [0.05, 0.1) is 12.3 Å². The standard InChI is InChI=1S/C14H8ClFN4O/c1-8-7-9(3-4-10(8)15)20-13(21)11(17-2)12(16)19-6-5-18-14(19)20/h3-7H,1H3. The van der Waals surface area contributed by atoms with E-state index in [0.29, 0.717) is 10.7 Å². The van der Waals surface area contributed by atoms with Gasteiger partial charge in [-0.3, -0.25) is 13.8 Å². The lowest BCUT2D eigenvalue weighted by atomic mass is 10.2. The summed E-state index contributed by atoms with van der Waals surface area (Å²) in [5.74, 6) is -0.809. The summed E-state index contributed by atoms with van der Waals surface area (Å²) >= 11 is 5.97. The predicted octanol–water partition coefficient (Wildman–Crippen LogP) is 3.14. The summed E-state index contributed by atoms with van der Waals surface area (Å²) in [5, 5.41) is 0.554. The highest BCUT2D eigenvalue weighted by Crippen LogP contribution is 2.21. The molecule has 21 heavy (non-hydrogen) atoms. The third kappa shape index (κ3) is 1.90. The van der Waals surface area contributed by atoms with Crippen LogP contribution in [0.15, 0.2) is 35.4 Å². The van der Waals surface area contributed by atoms with Crippen molar-refractivity contribution in [1.82, 2.24) is 14.0 Å². The first-order chi connectivity index (χ1) is 10.0. The molecule has 0 bridgehead atoms. The van der Waals surface area contributed by atoms with Crippen LogP contribution in [-0.2, 0) is 0 Å². The molecule has 0 aliphatic rings. The molecule has 0 saturated heterocycles. The molecule has 0 aliphatic heterocycles. The molecule has 0 radical (unpaired) electrons. The smallest absolute Gasteiger partial charge is 0.282 e. The normalized spacial score (nSPS) is 10.8. The maximum absolute atomic E-state index is 14.1. The number of nitrogens with zero attached hydrogens (tertiary/aromatic N) is 4. The van der Waals surface area contributed by atoms with Crippen molar-refractivity contribution in [3.8, 4) is 5.69 Å². The molecule has 2 aromatic heterocycles. The van der Waals surface area contributed by atoms with E-state index in [9.17, 15) is 9.18 Å². The molecule has 5 nitrogen and oxygen atoms in total. The van der Waals surface area contributed by atoms with Crippen molar-refractivity contribution >= 4 is 23.1 Å². The Labute approximate surface area is 123 Å². The Bertz CT molecular complexity index is 967. The highest BCUT2D eigenvalue weighted by atomic mass is 35.5. The summed E-state index contributed by atoms with van der Waals surface area (Å²) in [4.78, 5) is 19.3. The molecule has 104 valence electrons. The van der Waals surface area contributed by atoms with E-state index in [1.807, 2.05) is 0 Å². The summed E-state index contributed by atoms with van der Waals surface area (Å²) in [6.45, 7) is 8.80. The molecule has 3 rings (SSSR count). The van der Waals surface area contributed by atoms with Gasteiger partial charge in [-0.05, 0) is 30.7 Å². The monoisotopic (exact) mass is 302 g/mol. The third-order valence-electron chi connectivity index (χ3n) is 3.15. The lowest BCUT2D eigenvalue weighted by molar-refractivity contribution is 0.565. The fourth-order valence-electron chi connectivity index (χ4n) is 2.11. The third-order valence-corrected chi connectivity index (χ3v) is 3.57.